The highest BCUT2D eigenvalue weighted by Gasteiger charge is 2.42. The topological polar surface area (TPSA) is 68.5 Å². The molecule has 2 aromatic heterocycles. The molecule has 0 bridgehead atoms. The van der Waals surface area contributed by atoms with Crippen LogP contribution in [0.4, 0.5) is 10.1 Å². The van der Waals surface area contributed by atoms with Crippen molar-refractivity contribution in [3.8, 4) is 16.9 Å². The molecule has 34 heavy (non-hydrogen) atoms. The number of nitrogens with zero attached hydrogens (tertiary/aromatic N) is 3. The van der Waals surface area contributed by atoms with E-state index >= 15 is 0 Å². The van der Waals surface area contributed by atoms with Crippen molar-refractivity contribution in [1.29, 1.82) is 0 Å². The summed E-state index contributed by atoms with van der Waals surface area (Å²) in [7, 11) is 0. The second kappa shape index (κ2) is 8.75. The molecule has 1 amide bonds. The van der Waals surface area contributed by atoms with Crippen LogP contribution in [0.15, 0.2) is 85.3 Å². The predicted octanol–water partition coefficient (Wildman–Crippen LogP) is 5.29. The summed E-state index contributed by atoms with van der Waals surface area (Å²) < 4.78 is 19.2. The van der Waals surface area contributed by atoms with E-state index in [4.69, 9.17) is 11.3 Å². The molecule has 7 heteroatoms. The van der Waals surface area contributed by atoms with Crippen LogP contribution in [0.5, 0.6) is 5.75 Å². The van der Waals surface area contributed by atoms with Crippen LogP contribution in [-0.4, -0.2) is 22.5 Å². The lowest BCUT2D eigenvalue weighted by atomic mass is 9.80. The van der Waals surface area contributed by atoms with E-state index in [9.17, 15) is 9.18 Å². The van der Waals surface area contributed by atoms with Crippen molar-refractivity contribution in [2.75, 3.05) is 6.61 Å². The number of rotatable bonds is 4. The maximum Gasteiger partial charge on any atom is 0.252 e. The molecular formula is C27H19FN4O2. The zero-order valence-electron chi connectivity index (χ0n) is 18.0. The minimum Gasteiger partial charge on any atom is -0.491 e. The van der Waals surface area contributed by atoms with Gasteiger partial charge in [-0.1, -0.05) is 24.3 Å². The Morgan fingerprint density at radius 3 is 2.62 bits per heavy atom. The Hall–Kier alpha value is -4.57. The largest absolute Gasteiger partial charge is 0.491 e. The molecule has 5 rings (SSSR count). The Labute approximate surface area is 195 Å². The molecule has 1 N–H and O–H groups in total. The SMILES string of the molecule is [C-]#[N+]c1cncc(-c2ccc([C@@]3(NC(=O)c4ccc(F)cc4)CCOc4cccnc43)cc2)c1. The van der Waals surface area contributed by atoms with Crippen molar-refractivity contribution < 1.29 is 13.9 Å². The van der Waals surface area contributed by atoms with E-state index in [0.717, 1.165) is 16.7 Å². The summed E-state index contributed by atoms with van der Waals surface area (Å²) in [6.07, 6.45) is 5.37. The zero-order chi connectivity index (χ0) is 23.5. The maximum absolute atomic E-state index is 13.4. The number of pyridine rings is 2. The number of fused-ring (bicyclic) bond motifs is 1. The molecule has 0 spiro atoms. The molecule has 2 aromatic carbocycles. The van der Waals surface area contributed by atoms with Gasteiger partial charge in [0.15, 0.2) is 0 Å². The molecule has 0 fully saturated rings. The molecule has 3 heterocycles. The van der Waals surface area contributed by atoms with Gasteiger partial charge in [0.2, 0.25) is 5.69 Å². The number of carbonyl (C=O) groups is 1. The fourth-order valence-electron chi connectivity index (χ4n) is 4.20. The van der Waals surface area contributed by atoms with Crippen molar-refractivity contribution in [2.45, 2.75) is 12.0 Å². The van der Waals surface area contributed by atoms with Crippen LogP contribution in [-0.2, 0) is 5.54 Å². The second-order valence-corrected chi connectivity index (χ2v) is 7.94. The van der Waals surface area contributed by atoms with Gasteiger partial charge < -0.3 is 10.1 Å². The quantitative estimate of drug-likeness (QED) is 0.429. The number of hydrogen-bond acceptors (Lipinski definition) is 4. The van der Waals surface area contributed by atoms with Crippen molar-refractivity contribution in [3.63, 3.8) is 0 Å². The summed E-state index contributed by atoms with van der Waals surface area (Å²) in [5.41, 5.74) is 3.06. The molecule has 0 aliphatic carbocycles. The van der Waals surface area contributed by atoms with Gasteiger partial charge in [-0.2, -0.15) is 0 Å². The number of aromatic nitrogens is 2. The molecule has 4 aromatic rings. The first kappa shape index (κ1) is 21.3. The molecule has 1 atom stereocenters. The number of ether oxygens (including phenoxy) is 1. The second-order valence-electron chi connectivity index (χ2n) is 7.94. The number of hydrogen-bond donors (Lipinski definition) is 1. The Morgan fingerprint density at radius 1 is 1.06 bits per heavy atom. The summed E-state index contributed by atoms with van der Waals surface area (Å²) in [4.78, 5) is 25.4. The van der Waals surface area contributed by atoms with Gasteiger partial charge in [0, 0.05) is 30.6 Å². The highest BCUT2D eigenvalue weighted by molar-refractivity contribution is 5.95. The summed E-state index contributed by atoms with van der Waals surface area (Å²) in [6, 6.07) is 18.6. The Kier molecular flexibility index (Phi) is 5.48. The van der Waals surface area contributed by atoms with Gasteiger partial charge in [-0.25, -0.2) is 9.24 Å². The molecule has 0 unspecified atom stereocenters. The van der Waals surface area contributed by atoms with Crippen LogP contribution in [0, 0.1) is 12.4 Å². The Balaban J connectivity index is 1.57. The molecule has 0 saturated heterocycles. The lowest BCUT2D eigenvalue weighted by Gasteiger charge is -2.39. The Bertz CT molecular complexity index is 1400. The van der Waals surface area contributed by atoms with E-state index in [1.54, 1.807) is 24.5 Å². The average Bonchev–Trinajstić information content (AvgIpc) is 2.89. The van der Waals surface area contributed by atoms with Crippen LogP contribution in [0.25, 0.3) is 16.0 Å². The fraction of sp³-hybridized carbons (Fsp3) is 0.111. The van der Waals surface area contributed by atoms with Crippen LogP contribution >= 0.6 is 0 Å². The van der Waals surface area contributed by atoms with E-state index < -0.39 is 11.4 Å². The number of amides is 1. The van der Waals surface area contributed by atoms with Gasteiger partial charge in [-0.3, -0.25) is 14.8 Å². The minimum absolute atomic E-state index is 0.337. The van der Waals surface area contributed by atoms with Crippen molar-refractivity contribution in [1.82, 2.24) is 15.3 Å². The fourth-order valence-corrected chi connectivity index (χ4v) is 4.20. The summed E-state index contributed by atoms with van der Waals surface area (Å²) in [5, 5.41) is 3.16. The van der Waals surface area contributed by atoms with Gasteiger partial charge in [0.25, 0.3) is 5.91 Å². The first-order chi connectivity index (χ1) is 16.6. The summed E-state index contributed by atoms with van der Waals surface area (Å²) in [5.74, 6) is -0.139. The van der Waals surface area contributed by atoms with E-state index in [0.29, 0.717) is 35.7 Å². The first-order valence-corrected chi connectivity index (χ1v) is 10.7. The van der Waals surface area contributed by atoms with Gasteiger partial charge in [-0.05, 0) is 59.2 Å². The smallest absolute Gasteiger partial charge is 0.252 e. The number of halogens is 1. The van der Waals surface area contributed by atoms with Gasteiger partial charge >= 0.3 is 0 Å². The van der Waals surface area contributed by atoms with Gasteiger partial charge in [-0.15, -0.1) is 0 Å². The van der Waals surface area contributed by atoms with E-state index in [1.165, 1.54) is 30.5 Å². The van der Waals surface area contributed by atoms with E-state index in [2.05, 4.69) is 20.1 Å². The standard InChI is InChI=1S/C27H19FN4O2/c1-29-23-15-20(16-30-17-23)18-4-8-21(9-5-18)27(12-14-34-24-3-2-13-31-25(24)27)32-26(33)19-6-10-22(28)11-7-19/h2-11,13,15-17H,12,14H2,(H,32,33)/t27-/m0/s1. The van der Waals surface area contributed by atoms with Gasteiger partial charge in [0.1, 0.15) is 22.8 Å². The average molecular weight is 450 g/mol. The molecule has 166 valence electrons. The highest BCUT2D eigenvalue weighted by atomic mass is 19.1. The van der Waals surface area contributed by atoms with Crippen LogP contribution in [0.2, 0.25) is 0 Å². The van der Waals surface area contributed by atoms with Crippen molar-refractivity contribution >= 4 is 11.6 Å². The lowest BCUT2D eigenvalue weighted by Crippen LogP contribution is -2.50. The molecule has 0 saturated carbocycles. The normalized spacial score (nSPS) is 16.6. The third-order valence-electron chi connectivity index (χ3n) is 5.91. The highest BCUT2D eigenvalue weighted by Crippen LogP contribution is 2.41. The summed E-state index contributed by atoms with van der Waals surface area (Å²) >= 11 is 0. The van der Waals surface area contributed by atoms with Crippen LogP contribution in [0.1, 0.15) is 28.0 Å². The lowest BCUT2D eigenvalue weighted by molar-refractivity contribution is 0.0883. The minimum atomic E-state index is -0.935. The van der Waals surface area contributed by atoms with Gasteiger partial charge in [0.05, 0.1) is 13.2 Å². The summed E-state index contributed by atoms with van der Waals surface area (Å²) in [6.45, 7) is 7.61. The molecule has 1 aliphatic heterocycles. The predicted molar refractivity (Wildman–Crippen MR) is 125 cm³/mol. The maximum atomic E-state index is 13.4. The molecule has 0 radical (unpaired) electrons. The number of carbonyl (C=O) groups excluding carboxylic acids is 1. The third kappa shape index (κ3) is 3.86. The molecule has 6 nitrogen and oxygen atoms in total. The molecular weight excluding hydrogens is 431 g/mol. The van der Waals surface area contributed by atoms with Crippen LogP contribution < -0.4 is 10.1 Å². The monoisotopic (exact) mass is 450 g/mol. The van der Waals surface area contributed by atoms with Crippen molar-refractivity contribution in [2.24, 2.45) is 0 Å². The first-order valence-electron chi connectivity index (χ1n) is 10.7. The number of benzene rings is 2. The van der Waals surface area contributed by atoms with E-state index in [1.807, 2.05) is 30.3 Å². The Morgan fingerprint density at radius 2 is 1.85 bits per heavy atom. The zero-order valence-corrected chi connectivity index (χ0v) is 18.0. The van der Waals surface area contributed by atoms with Crippen LogP contribution in [0.3, 0.4) is 0 Å². The van der Waals surface area contributed by atoms with Crippen molar-refractivity contribution in [3.05, 3.63) is 119 Å². The molecule has 1 aliphatic rings. The third-order valence-corrected chi connectivity index (χ3v) is 5.91. The van der Waals surface area contributed by atoms with E-state index in [-0.39, 0.29) is 5.91 Å². The number of nitrogens with one attached hydrogen (secondary N) is 1.